The Bertz CT molecular complexity index is 1080. The van der Waals surface area contributed by atoms with Crippen molar-refractivity contribution in [2.75, 3.05) is 13.7 Å². The number of benzene rings is 2. The molecule has 3 rings (SSSR count). The number of amidine groups is 1. The monoisotopic (exact) mass is 493 g/mol. The molecule has 190 valence electrons. The minimum Gasteiger partial charge on any atom is -0.497 e. The highest BCUT2D eigenvalue weighted by atomic mass is 19.2. The van der Waals surface area contributed by atoms with Gasteiger partial charge in [-0.05, 0) is 54.9 Å². The quantitative estimate of drug-likeness (QED) is 0.180. The van der Waals surface area contributed by atoms with E-state index in [0.717, 1.165) is 0 Å². The lowest BCUT2D eigenvalue weighted by atomic mass is 9.64. The van der Waals surface area contributed by atoms with Gasteiger partial charge in [-0.3, -0.25) is 20.9 Å². The van der Waals surface area contributed by atoms with E-state index in [0.29, 0.717) is 43.1 Å². The molecule has 0 atom stereocenters. The lowest BCUT2D eigenvalue weighted by Gasteiger charge is -2.43. The predicted octanol–water partition coefficient (Wildman–Crippen LogP) is 4.96. The molecule has 0 aliphatic heterocycles. The van der Waals surface area contributed by atoms with Gasteiger partial charge in [0.2, 0.25) is 5.82 Å². The fraction of sp³-hybridized carbons (Fsp3) is 0.440. The number of nitrogens with one attached hydrogen (secondary N) is 3. The fourth-order valence-electron chi connectivity index (χ4n) is 4.11. The topological polar surface area (TPSA) is 104 Å². The Balaban J connectivity index is 1.64. The lowest BCUT2D eigenvalue weighted by molar-refractivity contribution is 0.0881. The Labute approximate surface area is 202 Å². The first-order valence-corrected chi connectivity index (χ1v) is 11.2. The van der Waals surface area contributed by atoms with E-state index in [1.54, 1.807) is 24.3 Å². The van der Waals surface area contributed by atoms with Gasteiger partial charge in [0.05, 0.1) is 12.7 Å². The van der Waals surface area contributed by atoms with Crippen LogP contribution in [0.25, 0.3) is 0 Å². The van der Waals surface area contributed by atoms with E-state index in [1.165, 1.54) is 7.11 Å². The Morgan fingerprint density at radius 3 is 2.29 bits per heavy atom. The summed E-state index contributed by atoms with van der Waals surface area (Å²) in [6.45, 7) is 3.77. The van der Waals surface area contributed by atoms with Crippen LogP contribution in [0.5, 0.6) is 11.5 Å². The summed E-state index contributed by atoms with van der Waals surface area (Å²) in [5.74, 6) is -5.43. The van der Waals surface area contributed by atoms with Gasteiger partial charge in [0.15, 0.2) is 17.4 Å². The van der Waals surface area contributed by atoms with Crippen LogP contribution in [0, 0.1) is 33.7 Å². The van der Waals surface area contributed by atoms with Crippen LogP contribution in [0.15, 0.2) is 30.3 Å². The molecule has 2 aromatic carbocycles. The van der Waals surface area contributed by atoms with Crippen LogP contribution in [0.1, 0.15) is 55.5 Å². The maximum absolute atomic E-state index is 14.7. The third kappa shape index (κ3) is 5.87. The van der Waals surface area contributed by atoms with E-state index in [1.807, 2.05) is 19.3 Å². The molecular weight excluding hydrogens is 463 g/mol. The zero-order valence-electron chi connectivity index (χ0n) is 19.9. The maximum atomic E-state index is 14.7. The van der Waals surface area contributed by atoms with Gasteiger partial charge >= 0.3 is 0 Å². The van der Waals surface area contributed by atoms with Gasteiger partial charge in [0.25, 0.3) is 5.91 Å². The average Bonchev–Trinajstić information content (AvgIpc) is 2.86. The van der Waals surface area contributed by atoms with Gasteiger partial charge in [-0.1, -0.05) is 26.0 Å². The number of methoxy groups -OCH3 is 1. The van der Waals surface area contributed by atoms with Crippen molar-refractivity contribution in [3.63, 3.8) is 0 Å². The molecule has 7 nitrogen and oxygen atoms in total. The molecule has 4 N–H and O–H groups in total. The van der Waals surface area contributed by atoms with Crippen molar-refractivity contribution in [1.29, 1.82) is 5.41 Å². The van der Waals surface area contributed by atoms with Gasteiger partial charge in [-0.25, -0.2) is 8.78 Å². The van der Waals surface area contributed by atoms with Gasteiger partial charge in [-0.2, -0.15) is 4.39 Å². The third-order valence-corrected chi connectivity index (χ3v) is 6.86. The summed E-state index contributed by atoms with van der Waals surface area (Å²) in [6, 6.07) is 7.22. The average molecular weight is 494 g/mol. The molecule has 1 fully saturated rings. The number of rotatable bonds is 8. The van der Waals surface area contributed by atoms with E-state index in [-0.39, 0.29) is 24.4 Å². The molecule has 0 saturated heterocycles. The van der Waals surface area contributed by atoms with Crippen LogP contribution in [-0.2, 0) is 6.61 Å². The highest BCUT2D eigenvalue weighted by Crippen LogP contribution is 2.45. The fourth-order valence-corrected chi connectivity index (χ4v) is 4.11. The number of carbonyl (C=O) groups excluding carboxylic acids is 1. The summed E-state index contributed by atoms with van der Waals surface area (Å²) in [5.41, 5.74) is 0.903. The standard InChI is InChI=1S/C25H30F3N3O4/c1-24(8-10-25(2,11-9-24)23(29)31-33)14-30-22(32)17-12-18(26)21(20(28)19(17)27)35-13-15-4-6-16(34-3)7-5-15/h4-7,12,33H,8-11,13-14H2,1-3H3,(H2,29,31)(H,30,32)/t24-,25+. The summed E-state index contributed by atoms with van der Waals surface area (Å²) >= 11 is 0. The summed E-state index contributed by atoms with van der Waals surface area (Å²) in [5, 5.41) is 19.5. The highest BCUT2D eigenvalue weighted by Gasteiger charge is 2.40. The van der Waals surface area contributed by atoms with Crippen LogP contribution in [0.4, 0.5) is 13.2 Å². The molecule has 0 heterocycles. The Morgan fingerprint density at radius 2 is 1.71 bits per heavy atom. The molecule has 1 aliphatic rings. The molecule has 2 aromatic rings. The third-order valence-electron chi connectivity index (χ3n) is 6.86. The molecule has 1 saturated carbocycles. The number of carbonyl (C=O) groups is 1. The highest BCUT2D eigenvalue weighted by molar-refractivity contribution is 5.94. The Kier molecular flexibility index (Phi) is 7.94. The molecule has 0 bridgehead atoms. The van der Waals surface area contributed by atoms with Crippen LogP contribution in [0.3, 0.4) is 0 Å². The van der Waals surface area contributed by atoms with Crippen molar-refractivity contribution in [3.05, 3.63) is 58.9 Å². The SMILES string of the molecule is COc1ccc(COc2c(F)cc(C(=O)NC[C@]3(C)CC[C@](C)(C(=N)NO)CC3)c(F)c2F)cc1. The van der Waals surface area contributed by atoms with Gasteiger partial charge in [0, 0.05) is 12.0 Å². The molecule has 1 aliphatic carbocycles. The largest absolute Gasteiger partial charge is 0.497 e. The van der Waals surface area contributed by atoms with Crippen LogP contribution < -0.4 is 20.3 Å². The molecule has 0 unspecified atom stereocenters. The first-order valence-electron chi connectivity index (χ1n) is 11.2. The summed E-state index contributed by atoms with van der Waals surface area (Å²) < 4.78 is 54.0. The Hall–Kier alpha value is -3.27. The van der Waals surface area contributed by atoms with Crippen molar-refractivity contribution in [1.82, 2.24) is 10.8 Å². The zero-order valence-corrected chi connectivity index (χ0v) is 19.9. The number of hydrogen-bond acceptors (Lipinski definition) is 5. The van der Waals surface area contributed by atoms with Crippen LogP contribution in [0.2, 0.25) is 0 Å². The van der Waals surface area contributed by atoms with E-state index in [4.69, 9.17) is 20.1 Å². The second-order valence-electron chi connectivity index (χ2n) is 9.54. The summed E-state index contributed by atoms with van der Waals surface area (Å²) in [7, 11) is 1.51. The van der Waals surface area contributed by atoms with Crippen LogP contribution in [-0.4, -0.2) is 30.6 Å². The normalized spacial score (nSPS) is 21.8. The van der Waals surface area contributed by atoms with Crippen molar-refractivity contribution in [2.45, 2.75) is 46.1 Å². The maximum Gasteiger partial charge on any atom is 0.254 e. The number of hydroxylamine groups is 1. The second-order valence-corrected chi connectivity index (χ2v) is 9.54. The number of amides is 1. The number of ether oxygens (including phenoxy) is 2. The van der Waals surface area contributed by atoms with Gasteiger partial charge in [0.1, 0.15) is 18.2 Å². The lowest BCUT2D eigenvalue weighted by Crippen LogP contribution is -2.45. The van der Waals surface area contributed by atoms with Crippen LogP contribution >= 0.6 is 0 Å². The molecule has 10 heteroatoms. The van der Waals surface area contributed by atoms with Gasteiger partial charge in [-0.15, -0.1) is 0 Å². The van der Waals surface area contributed by atoms with E-state index >= 15 is 0 Å². The molecule has 35 heavy (non-hydrogen) atoms. The van der Waals surface area contributed by atoms with Crippen molar-refractivity contribution >= 4 is 11.7 Å². The summed E-state index contributed by atoms with van der Waals surface area (Å²) in [6.07, 6.45) is 2.47. The van der Waals surface area contributed by atoms with E-state index in [2.05, 4.69) is 5.32 Å². The molecular formula is C25H30F3N3O4. The first-order chi connectivity index (χ1) is 16.5. The second kappa shape index (κ2) is 10.6. The smallest absolute Gasteiger partial charge is 0.254 e. The minimum atomic E-state index is -1.57. The molecule has 0 spiro atoms. The number of hydrogen-bond donors (Lipinski definition) is 4. The Morgan fingerprint density at radius 1 is 1.09 bits per heavy atom. The van der Waals surface area contributed by atoms with E-state index in [9.17, 15) is 18.0 Å². The van der Waals surface area contributed by atoms with Crippen molar-refractivity contribution in [2.24, 2.45) is 10.8 Å². The zero-order chi connectivity index (χ0) is 25.8. The predicted molar refractivity (Wildman–Crippen MR) is 123 cm³/mol. The van der Waals surface area contributed by atoms with Crippen molar-refractivity contribution in [3.8, 4) is 11.5 Å². The summed E-state index contributed by atoms with van der Waals surface area (Å²) in [4.78, 5) is 12.6. The van der Waals surface area contributed by atoms with E-state index < -0.39 is 40.1 Å². The first kappa shape index (κ1) is 26.3. The van der Waals surface area contributed by atoms with Crippen molar-refractivity contribution < 1.29 is 32.6 Å². The molecule has 0 radical (unpaired) electrons. The van der Waals surface area contributed by atoms with Gasteiger partial charge < -0.3 is 14.8 Å². The molecule has 1 amide bonds. The molecule has 0 aromatic heterocycles. The number of halogens is 3. The minimum absolute atomic E-state index is 0.0332.